The van der Waals surface area contributed by atoms with Crippen LogP contribution in [0.15, 0.2) is 36.5 Å². The molecule has 0 aliphatic rings. The highest BCUT2D eigenvalue weighted by Crippen LogP contribution is 2.35. The molecule has 0 aliphatic carbocycles. The summed E-state index contributed by atoms with van der Waals surface area (Å²) in [7, 11) is 1.51. The minimum absolute atomic E-state index is 0.0774. The zero-order valence-electron chi connectivity index (χ0n) is 12.4. The Kier molecular flexibility index (Phi) is 4.38. The Morgan fingerprint density at radius 3 is 2.67 bits per heavy atom. The fraction of sp³-hybridized carbons (Fsp3) is 0.188. The molecule has 3 aromatic heterocycles. The summed E-state index contributed by atoms with van der Waals surface area (Å²) in [5.41, 5.74) is -0.242. The molecule has 0 aliphatic heterocycles. The van der Waals surface area contributed by atoms with Gasteiger partial charge in [-0.25, -0.2) is 9.97 Å². The van der Waals surface area contributed by atoms with E-state index in [1.54, 1.807) is 12.1 Å². The molecule has 0 fully saturated rings. The Labute approximate surface area is 140 Å². The molecule has 0 bridgehead atoms. The van der Waals surface area contributed by atoms with E-state index >= 15 is 0 Å². The number of alkyl halides is 3. The van der Waals surface area contributed by atoms with Gasteiger partial charge in [-0.3, -0.25) is 4.98 Å². The minimum Gasteiger partial charge on any atom is -0.378 e. The van der Waals surface area contributed by atoms with Gasteiger partial charge in [0.1, 0.15) is 5.69 Å². The largest absolute Gasteiger partial charge is 0.418 e. The van der Waals surface area contributed by atoms with Crippen LogP contribution in [0.5, 0.6) is 0 Å². The summed E-state index contributed by atoms with van der Waals surface area (Å²) in [6.07, 6.45) is -3.23. The van der Waals surface area contributed by atoms with Gasteiger partial charge in [-0.2, -0.15) is 13.2 Å². The van der Waals surface area contributed by atoms with Crippen LogP contribution >= 0.6 is 11.6 Å². The van der Waals surface area contributed by atoms with Gasteiger partial charge in [0, 0.05) is 18.7 Å². The molecule has 24 heavy (non-hydrogen) atoms. The summed E-state index contributed by atoms with van der Waals surface area (Å²) in [6.45, 7) is 0.221. The van der Waals surface area contributed by atoms with Crippen LogP contribution in [0.25, 0.3) is 22.4 Å². The van der Waals surface area contributed by atoms with E-state index in [9.17, 15) is 13.2 Å². The first-order valence-electron chi connectivity index (χ1n) is 6.88. The van der Waals surface area contributed by atoms with Crippen LogP contribution in [-0.2, 0) is 17.5 Å². The summed E-state index contributed by atoms with van der Waals surface area (Å²) < 4.78 is 44.5. The molecule has 3 heterocycles. The first-order chi connectivity index (χ1) is 11.4. The summed E-state index contributed by atoms with van der Waals surface area (Å²) >= 11 is 6.17. The van der Waals surface area contributed by atoms with Gasteiger partial charge in [0.2, 0.25) is 0 Å². The van der Waals surface area contributed by atoms with Crippen molar-refractivity contribution in [2.75, 3.05) is 7.11 Å². The van der Waals surface area contributed by atoms with Crippen molar-refractivity contribution in [2.24, 2.45) is 0 Å². The Hall–Kier alpha value is -2.25. The van der Waals surface area contributed by atoms with Gasteiger partial charge in [-0.15, -0.1) is 0 Å². The number of methoxy groups -OCH3 is 1. The lowest BCUT2D eigenvalue weighted by atomic mass is 10.1. The van der Waals surface area contributed by atoms with Gasteiger partial charge in [-0.1, -0.05) is 11.6 Å². The van der Waals surface area contributed by atoms with Crippen LogP contribution < -0.4 is 0 Å². The average Bonchev–Trinajstić information content (AvgIpc) is 2.54. The van der Waals surface area contributed by atoms with Crippen LogP contribution in [0, 0.1) is 0 Å². The van der Waals surface area contributed by atoms with Gasteiger partial charge in [-0.05, 0) is 30.3 Å². The second kappa shape index (κ2) is 6.33. The fourth-order valence-corrected chi connectivity index (χ4v) is 2.58. The Morgan fingerprint density at radius 2 is 1.96 bits per heavy atom. The molecule has 0 unspecified atom stereocenters. The molecule has 124 valence electrons. The van der Waals surface area contributed by atoms with Crippen LogP contribution in [0.4, 0.5) is 13.2 Å². The number of pyridine rings is 3. The van der Waals surface area contributed by atoms with Crippen molar-refractivity contribution in [3.8, 4) is 11.4 Å². The van der Waals surface area contributed by atoms with Crippen molar-refractivity contribution >= 4 is 22.6 Å². The monoisotopic (exact) mass is 353 g/mol. The lowest BCUT2D eigenvalue weighted by molar-refractivity contribution is -0.137. The summed E-state index contributed by atoms with van der Waals surface area (Å²) in [5, 5.41) is 0.952. The molecule has 0 saturated heterocycles. The summed E-state index contributed by atoms with van der Waals surface area (Å²) in [5.74, 6) is 0. The van der Waals surface area contributed by atoms with E-state index in [-0.39, 0.29) is 23.6 Å². The third-order valence-electron chi connectivity index (χ3n) is 3.32. The van der Waals surface area contributed by atoms with Crippen LogP contribution in [0.2, 0.25) is 5.02 Å². The topological polar surface area (TPSA) is 47.9 Å². The maximum absolute atomic E-state index is 13.2. The molecular formula is C16H11ClF3N3O. The lowest BCUT2D eigenvalue weighted by Gasteiger charge is -2.12. The SMILES string of the molecule is COCc1cc(Cl)c2ccc(-c3ncccc3C(F)(F)F)nc2n1. The number of nitrogens with zero attached hydrogens (tertiary/aromatic N) is 3. The Morgan fingerprint density at radius 1 is 1.17 bits per heavy atom. The maximum Gasteiger partial charge on any atom is 0.418 e. The molecule has 0 amide bonds. The van der Waals surface area contributed by atoms with Crippen molar-refractivity contribution < 1.29 is 17.9 Å². The van der Waals surface area contributed by atoms with Gasteiger partial charge in [0.25, 0.3) is 0 Å². The standard InChI is InChI=1S/C16H11ClF3N3O/c1-24-8-9-7-12(17)10-4-5-13(23-15(10)22-9)14-11(16(18,19)20)3-2-6-21-14/h2-7H,8H2,1H3. The summed E-state index contributed by atoms with van der Waals surface area (Å²) in [6, 6.07) is 6.87. The normalized spacial score (nSPS) is 11.9. The van der Waals surface area contributed by atoms with E-state index in [2.05, 4.69) is 15.0 Å². The van der Waals surface area contributed by atoms with Gasteiger partial charge in [0.05, 0.1) is 28.6 Å². The molecule has 0 atom stereocenters. The second-order valence-corrected chi connectivity index (χ2v) is 5.40. The van der Waals surface area contributed by atoms with Crippen molar-refractivity contribution in [3.05, 3.63) is 52.8 Å². The second-order valence-electron chi connectivity index (χ2n) is 4.99. The molecule has 3 aromatic rings. The lowest BCUT2D eigenvalue weighted by Crippen LogP contribution is -2.08. The van der Waals surface area contributed by atoms with Crippen molar-refractivity contribution in [1.29, 1.82) is 0 Å². The van der Waals surface area contributed by atoms with E-state index in [1.165, 1.54) is 25.4 Å². The third kappa shape index (κ3) is 3.18. The van der Waals surface area contributed by atoms with E-state index in [0.29, 0.717) is 16.1 Å². The fourth-order valence-electron chi connectivity index (χ4n) is 2.30. The van der Waals surface area contributed by atoms with Crippen molar-refractivity contribution in [3.63, 3.8) is 0 Å². The highest BCUT2D eigenvalue weighted by molar-refractivity contribution is 6.35. The number of aromatic nitrogens is 3. The number of fused-ring (bicyclic) bond motifs is 1. The maximum atomic E-state index is 13.2. The number of rotatable bonds is 3. The molecular weight excluding hydrogens is 343 g/mol. The molecule has 0 aromatic carbocycles. The Balaban J connectivity index is 2.18. The zero-order chi connectivity index (χ0) is 17.3. The predicted octanol–water partition coefficient (Wildman–Crippen LogP) is 4.51. The van der Waals surface area contributed by atoms with Crippen molar-refractivity contribution in [1.82, 2.24) is 15.0 Å². The molecule has 0 saturated carbocycles. The number of halogens is 4. The molecule has 0 spiro atoms. The number of hydrogen-bond donors (Lipinski definition) is 0. The quantitative estimate of drug-likeness (QED) is 0.695. The predicted molar refractivity (Wildman–Crippen MR) is 83.5 cm³/mol. The zero-order valence-corrected chi connectivity index (χ0v) is 13.2. The smallest absolute Gasteiger partial charge is 0.378 e. The van der Waals surface area contributed by atoms with Crippen LogP contribution in [-0.4, -0.2) is 22.1 Å². The molecule has 0 radical (unpaired) electrons. The van der Waals surface area contributed by atoms with Crippen molar-refractivity contribution in [2.45, 2.75) is 12.8 Å². The first kappa shape index (κ1) is 16.6. The number of ether oxygens (including phenoxy) is 1. The molecule has 3 rings (SSSR count). The van der Waals surface area contributed by atoms with Gasteiger partial charge < -0.3 is 4.74 Å². The molecule has 8 heteroatoms. The van der Waals surface area contributed by atoms with Gasteiger partial charge in [0.15, 0.2) is 5.65 Å². The molecule has 4 nitrogen and oxygen atoms in total. The van der Waals surface area contributed by atoms with E-state index in [1.807, 2.05) is 0 Å². The number of hydrogen-bond acceptors (Lipinski definition) is 4. The Bertz CT molecular complexity index is 899. The van der Waals surface area contributed by atoms with E-state index in [0.717, 1.165) is 6.07 Å². The van der Waals surface area contributed by atoms with Crippen LogP contribution in [0.1, 0.15) is 11.3 Å². The van der Waals surface area contributed by atoms with E-state index < -0.39 is 11.7 Å². The summed E-state index contributed by atoms with van der Waals surface area (Å²) in [4.78, 5) is 12.3. The minimum atomic E-state index is -4.52. The highest BCUT2D eigenvalue weighted by atomic mass is 35.5. The first-order valence-corrected chi connectivity index (χ1v) is 7.25. The average molecular weight is 354 g/mol. The van der Waals surface area contributed by atoms with E-state index in [4.69, 9.17) is 16.3 Å². The molecule has 0 N–H and O–H groups in total. The third-order valence-corrected chi connectivity index (χ3v) is 3.64. The van der Waals surface area contributed by atoms with Gasteiger partial charge >= 0.3 is 6.18 Å². The van der Waals surface area contributed by atoms with Crippen LogP contribution in [0.3, 0.4) is 0 Å². The highest BCUT2D eigenvalue weighted by Gasteiger charge is 2.34.